The highest BCUT2D eigenvalue weighted by molar-refractivity contribution is 6.20. The first-order valence-electron chi connectivity index (χ1n) is 6.75. The number of nitrogens with zero attached hydrogens (tertiary/aromatic N) is 2. The van der Waals surface area contributed by atoms with Crippen molar-refractivity contribution in [1.29, 1.82) is 0 Å². The molecule has 1 fully saturated rings. The van der Waals surface area contributed by atoms with E-state index in [0.29, 0.717) is 6.42 Å². The largest absolute Gasteiger partial charge is 0.332 e. The summed E-state index contributed by atoms with van der Waals surface area (Å²) in [4.78, 5) is 39.2. The first-order chi connectivity index (χ1) is 9.88. The fourth-order valence-electron chi connectivity index (χ4n) is 3.30. The number of allylic oxidation sites excluding steroid dienone is 1. The van der Waals surface area contributed by atoms with Gasteiger partial charge in [-0.15, -0.1) is 0 Å². The lowest BCUT2D eigenvalue weighted by molar-refractivity contribution is -0.156. The molecule has 0 N–H and O–H groups in total. The van der Waals surface area contributed by atoms with Gasteiger partial charge in [0.1, 0.15) is 5.41 Å². The molecule has 0 bridgehead atoms. The molecule has 0 atom stereocenters. The quantitative estimate of drug-likeness (QED) is 0.681. The first kappa shape index (κ1) is 13.5. The average Bonchev–Trinajstić information content (AvgIpc) is 2.50. The second-order valence-electron chi connectivity index (χ2n) is 5.71. The molecule has 21 heavy (non-hydrogen) atoms. The molecule has 1 spiro atoms. The molecule has 2 aliphatic rings. The van der Waals surface area contributed by atoms with E-state index in [9.17, 15) is 14.4 Å². The van der Waals surface area contributed by atoms with Gasteiger partial charge in [-0.3, -0.25) is 19.4 Å². The van der Waals surface area contributed by atoms with Crippen LogP contribution < -0.4 is 0 Å². The topological polar surface area (TPSA) is 57.7 Å². The maximum atomic E-state index is 12.6. The smallest absolute Gasteiger partial charge is 0.273 e. The minimum absolute atomic E-state index is 0.254. The Morgan fingerprint density at radius 1 is 1.00 bits per heavy atom. The van der Waals surface area contributed by atoms with Crippen molar-refractivity contribution in [2.45, 2.75) is 12.8 Å². The van der Waals surface area contributed by atoms with Crippen molar-refractivity contribution in [3.8, 4) is 0 Å². The fourth-order valence-corrected chi connectivity index (χ4v) is 3.30. The van der Waals surface area contributed by atoms with Crippen LogP contribution >= 0.6 is 0 Å². The molecule has 5 nitrogen and oxygen atoms in total. The van der Waals surface area contributed by atoms with Gasteiger partial charge >= 0.3 is 6.03 Å². The highest BCUT2D eigenvalue weighted by Gasteiger charge is 2.56. The van der Waals surface area contributed by atoms with Gasteiger partial charge in [-0.2, -0.15) is 0 Å². The van der Waals surface area contributed by atoms with Crippen LogP contribution in [-0.4, -0.2) is 41.7 Å². The molecule has 1 aromatic rings. The Morgan fingerprint density at radius 3 is 2.19 bits per heavy atom. The lowest BCUT2D eigenvalue weighted by Gasteiger charge is -2.44. The average molecular weight is 284 g/mol. The molecule has 0 aromatic heterocycles. The number of rotatable bonds is 0. The van der Waals surface area contributed by atoms with Crippen LogP contribution in [0.5, 0.6) is 0 Å². The first-order valence-corrected chi connectivity index (χ1v) is 6.75. The number of carbonyl (C=O) groups is 3. The lowest BCUT2D eigenvalue weighted by atomic mass is 9.67. The molecule has 1 aliphatic carbocycles. The summed E-state index contributed by atoms with van der Waals surface area (Å²) in [6.45, 7) is 4.02. The highest BCUT2D eigenvalue weighted by Crippen LogP contribution is 2.45. The Morgan fingerprint density at radius 2 is 1.57 bits per heavy atom. The summed E-state index contributed by atoms with van der Waals surface area (Å²) in [5, 5.41) is 0. The van der Waals surface area contributed by atoms with Gasteiger partial charge in [-0.1, -0.05) is 30.8 Å². The van der Waals surface area contributed by atoms with Crippen LogP contribution in [0.4, 0.5) is 4.79 Å². The number of hydrogen-bond donors (Lipinski definition) is 0. The van der Waals surface area contributed by atoms with Crippen LogP contribution in [0.1, 0.15) is 17.5 Å². The van der Waals surface area contributed by atoms with Crippen molar-refractivity contribution in [3.05, 3.63) is 42.0 Å². The van der Waals surface area contributed by atoms with Gasteiger partial charge < -0.3 is 0 Å². The van der Waals surface area contributed by atoms with Gasteiger partial charge in [-0.25, -0.2) is 4.79 Å². The predicted octanol–water partition coefficient (Wildman–Crippen LogP) is 1.68. The number of amides is 4. The Balaban J connectivity index is 2.14. The Bertz CT molecular complexity index is 669. The van der Waals surface area contributed by atoms with E-state index in [1.807, 2.05) is 24.3 Å². The van der Waals surface area contributed by atoms with E-state index < -0.39 is 23.3 Å². The molecule has 5 heteroatoms. The zero-order valence-electron chi connectivity index (χ0n) is 12.0. The van der Waals surface area contributed by atoms with Crippen molar-refractivity contribution in [2.24, 2.45) is 5.41 Å². The van der Waals surface area contributed by atoms with E-state index in [-0.39, 0.29) is 6.42 Å². The van der Waals surface area contributed by atoms with E-state index >= 15 is 0 Å². The summed E-state index contributed by atoms with van der Waals surface area (Å²) < 4.78 is 0. The second-order valence-corrected chi connectivity index (χ2v) is 5.71. The van der Waals surface area contributed by atoms with E-state index in [2.05, 4.69) is 6.58 Å². The van der Waals surface area contributed by atoms with Crippen molar-refractivity contribution in [1.82, 2.24) is 9.80 Å². The number of benzene rings is 1. The molecule has 0 unspecified atom stereocenters. The third kappa shape index (κ3) is 1.67. The third-order valence-corrected chi connectivity index (χ3v) is 4.41. The molecule has 0 radical (unpaired) electrons. The number of fused-ring (bicyclic) bond motifs is 1. The Kier molecular flexibility index (Phi) is 2.76. The molecule has 108 valence electrons. The van der Waals surface area contributed by atoms with E-state index in [1.165, 1.54) is 14.1 Å². The maximum absolute atomic E-state index is 12.6. The summed E-state index contributed by atoms with van der Waals surface area (Å²) in [6, 6.07) is 7.05. The number of imide groups is 2. The number of barbiturate groups is 1. The van der Waals surface area contributed by atoms with Gasteiger partial charge in [0.2, 0.25) is 11.8 Å². The van der Waals surface area contributed by atoms with Crippen molar-refractivity contribution >= 4 is 23.4 Å². The van der Waals surface area contributed by atoms with Crippen molar-refractivity contribution in [2.75, 3.05) is 14.1 Å². The molecule has 1 heterocycles. The SMILES string of the molecule is C=C1CC2(Cc3ccccc31)C(=O)N(C)C(=O)N(C)C2=O. The summed E-state index contributed by atoms with van der Waals surface area (Å²) >= 11 is 0. The monoisotopic (exact) mass is 284 g/mol. The maximum Gasteiger partial charge on any atom is 0.332 e. The van der Waals surface area contributed by atoms with Crippen molar-refractivity contribution < 1.29 is 14.4 Å². The Hall–Kier alpha value is -2.43. The van der Waals surface area contributed by atoms with Gasteiger partial charge in [-0.05, 0) is 29.5 Å². The van der Waals surface area contributed by atoms with Gasteiger partial charge in [0.15, 0.2) is 0 Å². The Labute approximate surface area is 122 Å². The molecule has 0 saturated carbocycles. The standard InChI is InChI=1S/C16H16N2O3/c1-10-8-16(9-11-6-4-5-7-12(10)11)13(19)17(2)15(21)18(3)14(16)20/h4-7H,1,8-9H2,2-3H3. The van der Waals surface area contributed by atoms with Crippen LogP contribution in [0.3, 0.4) is 0 Å². The molecule has 3 rings (SSSR count). The minimum atomic E-state index is -1.23. The summed E-state index contributed by atoms with van der Waals surface area (Å²) in [6.07, 6.45) is 0.561. The molecular weight excluding hydrogens is 268 g/mol. The predicted molar refractivity (Wildman–Crippen MR) is 77.2 cm³/mol. The summed E-state index contributed by atoms with van der Waals surface area (Å²) in [5.41, 5.74) is 1.44. The number of urea groups is 1. The molecular formula is C16H16N2O3. The van der Waals surface area contributed by atoms with Crippen LogP contribution in [-0.2, 0) is 16.0 Å². The van der Waals surface area contributed by atoms with E-state index in [4.69, 9.17) is 0 Å². The van der Waals surface area contributed by atoms with Gasteiger partial charge in [0, 0.05) is 14.1 Å². The zero-order valence-corrected chi connectivity index (χ0v) is 12.0. The van der Waals surface area contributed by atoms with Crippen LogP contribution in [0, 0.1) is 5.41 Å². The summed E-state index contributed by atoms with van der Waals surface area (Å²) in [5.74, 6) is -0.877. The summed E-state index contributed by atoms with van der Waals surface area (Å²) in [7, 11) is 2.83. The fraction of sp³-hybridized carbons (Fsp3) is 0.312. The molecule has 1 aromatic carbocycles. The zero-order chi connectivity index (χ0) is 15.4. The molecule has 4 amide bonds. The number of hydrogen-bond acceptors (Lipinski definition) is 3. The molecule has 1 aliphatic heterocycles. The van der Waals surface area contributed by atoms with E-state index in [0.717, 1.165) is 26.5 Å². The number of carbonyl (C=O) groups excluding carboxylic acids is 3. The normalized spacial score (nSPS) is 21.0. The highest BCUT2D eigenvalue weighted by atomic mass is 16.2. The van der Waals surface area contributed by atoms with Crippen LogP contribution in [0.15, 0.2) is 30.8 Å². The van der Waals surface area contributed by atoms with Crippen LogP contribution in [0.25, 0.3) is 5.57 Å². The van der Waals surface area contributed by atoms with Crippen molar-refractivity contribution in [3.63, 3.8) is 0 Å². The van der Waals surface area contributed by atoms with E-state index in [1.54, 1.807) is 0 Å². The van der Waals surface area contributed by atoms with Gasteiger partial charge in [0.05, 0.1) is 0 Å². The molecule has 1 saturated heterocycles. The minimum Gasteiger partial charge on any atom is -0.273 e. The third-order valence-electron chi connectivity index (χ3n) is 4.41. The van der Waals surface area contributed by atoms with Crippen LogP contribution in [0.2, 0.25) is 0 Å². The van der Waals surface area contributed by atoms with Gasteiger partial charge in [0.25, 0.3) is 0 Å². The lowest BCUT2D eigenvalue weighted by Crippen LogP contribution is -2.64. The second kappa shape index (κ2) is 4.28.